The van der Waals surface area contributed by atoms with E-state index in [1.807, 2.05) is 19.1 Å². The fourth-order valence-corrected chi connectivity index (χ4v) is 2.22. The first-order chi connectivity index (χ1) is 8.85. The van der Waals surface area contributed by atoms with Crippen LogP contribution < -0.4 is 5.73 Å². The Balaban J connectivity index is 2.56. The Kier molecular flexibility index (Phi) is 5.36. The Labute approximate surface area is 114 Å². The molecule has 0 aromatic heterocycles. The third kappa shape index (κ3) is 4.91. The van der Waals surface area contributed by atoms with Gasteiger partial charge in [0.15, 0.2) is 0 Å². The van der Waals surface area contributed by atoms with E-state index in [0.717, 1.165) is 24.8 Å². The average molecular weight is 265 g/mol. The van der Waals surface area contributed by atoms with Crippen molar-refractivity contribution in [1.29, 1.82) is 0 Å². The number of nitrogens with two attached hydrogens (primary N) is 1. The summed E-state index contributed by atoms with van der Waals surface area (Å²) in [5.41, 5.74) is 5.68. The van der Waals surface area contributed by atoms with Crippen LogP contribution in [-0.4, -0.2) is 21.7 Å². The topological polar surface area (TPSA) is 83.5 Å². The van der Waals surface area contributed by atoms with Gasteiger partial charge in [0.05, 0.1) is 0 Å². The van der Waals surface area contributed by atoms with Gasteiger partial charge in [-0.05, 0) is 49.8 Å². The Hall–Kier alpha value is -1.55. The molecule has 0 fully saturated rings. The summed E-state index contributed by atoms with van der Waals surface area (Å²) >= 11 is 0. The molecule has 0 aliphatic heterocycles. The van der Waals surface area contributed by atoms with Crippen LogP contribution in [-0.2, 0) is 11.2 Å². The predicted molar refractivity (Wildman–Crippen MR) is 75.1 cm³/mol. The maximum atomic E-state index is 11.0. The maximum absolute atomic E-state index is 11.0. The van der Waals surface area contributed by atoms with Crippen LogP contribution in [0.15, 0.2) is 24.3 Å². The van der Waals surface area contributed by atoms with E-state index in [4.69, 9.17) is 10.8 Å². The number of aromatic hydroxyl groups is 1. The second-order valence-electron chi connectivity index (χ2n) is 5.41. The maximum Gasteiger partial charge on any atom is 0.323 e. The largest absolute Gasteiger partial charge is 0.508 e. The van der Waals surface area contributed by atoms with Gasteiger partial charge in [-0.15, -0.1) is 0 Å². The summed E-state index contributed by atoms with van der Waals surface area (Å²) in [5.74, 6) is -0.420. The molecular weight excluding hydrogens is 242 g/mol. The Bertz CT molecular complexity index is 429. The minimum atomic E-state index is -1.17. The second-order valence-corrected chi connectivity index (χ2v) is 5.41. The van der Waals surface area contributed by atoms with Crippen molar-refractivity contribution >= 4 is 5.97 Å². The van der Waals surface area contributed by atoms with E-state index in [-0.39, 0.29) is 11.7 Å². The van der Waals surface area contributed by atoms with Crippen molar-refractivity contribution in [2.45, 2.75) is 45.1 Å². The Morgan fingerprint density at radius 3 is 2.68 bits per heavy atom. The molecule has 0 heterocycles. The standard InChI is InChI=1S/C15H23NO3/c1-3-11(10-15(2,16)14(18)19)7-8-12-5-4-6-13(17)9-12/h4-6,9,11,17H,3,7-8,10,16H2,1-2H3,(H,18,19). The highest BCUT2D eigenvalue weighted by molar-refractivity contribution is 5.77. The van der Waals surface area contributed by atoms with Crippen molar-refractivity contribution < 1.29 is 15.0 Å². The third-order valence-electron chi connectivity index (χ3n) is 3.53. The highest BCUT2D eigenvalue weighted by Gasteiger charge is 2.30. The zero-order valence-electron chi connectivity index (χ0n) is 11.6. The fourth-order valence-electron chi connectivity index (χ4n) is 2.22. The van der Waals surface area contributed by atoms with Crippen molar-refractivity contribution in [3.63, 3.8) is 0 Å². The zero-order valence-corrected chi connectivity index (χ0v) is 11.6. The van der Waals surface area contributed by atoms with Crippen LogP contribution >= 0.6 is 0 Å². The van der Waals surface area contributed by atoms with E-state index >= 15 is 0 Å². The zero-order chi connectivity index (χ0) is 14.5. The summed E-state index contributed by atoms with van der Waals surface area (Å²) in [6, 6.07) is 7.16. The van der Waals surface area contributed by atoms with Crippen LogP contribution in [0.5, 0.6) is 5.75 Å². The molecule has 0 saturated heterocycles. The smallest absolute Gasteiger partial charge is 0.323 e. The van der Waals surface area contributed by atoms with Crippen molar-refractivity contribution in [2.75, 3.05) is 0 Å². The van der Waals surface area contributed by atoms with Gasteiger partial charge in [-0.3, -0.25) is 4.79 Å². The molecular formula is C15H23NO3. The molecule has 0 amide bonds. The molecule has 0 radical (unpaired) electrons. The molecule has 4 N–H and O–H groups in total. The van der Waals surface area contributed by atoms with Gasteiger partial charge in [-0.2, -0.15) is 0 Å². The van der Waals surface area contributed by atoms with Gasteiger partial charge in [-0.1, -0.05) is 25.5 Å². The van der Waals surface area contributed by atoms with Gasteiger partial charge in [0, 0.05) is 0 Å². The molecule has 1 aromatic rings. The molecule has 0 aliphatic rings. The number of aliphatic carboxylic acids is 1. The molecule has 19 heavy (non-hydrogen) atoms. The number of carboxylic acid groups (broad SMARTS) is 1. The highest BCUT2D eigenvalue weighted by atomic mass is 16.4. The number of phenolic OH excluding ortho intramolecular Hbond substituents is 1. The molecule has 106 valence electrons. The highest BCUT2D eigenvalue weighted by Crippen LogP contribution is 2.23. The van der Waals surface area contributed by atoms with Gasteiger partial charge in [-0.25, -0.2) is 0 Å². The Morgan fingerprint density at radius 1 is 1.47 bits per heavy atom. The van der Waals surface area contributed by atoms with Crippen molar-refractivity contribution in [2.24, 2.45) is 11.7 Å². The van der Waals surface area contributed by atoms with E-state index in [9.17, 15) is 9.90 Å². The van der Waals surface area contributed by atoms with Crippen molar-refractivity contribution in [3.05, 3.63) is 29.8 Å². The fraction of sp³-hybridized carbons (Fsp3) is 0.533. The van der Waals surface area contributed by atoms with Gasteiger partial charge in [0.1, 0.15) is 11.3 Å². The lowest BCUT2D eigenvalue weighted by Gasteiger charge is -2.25. The number of carboxylic acids is 1. The first-order valence-electron chi connectivity index (χ1n) is 6.65. The lowest BCUT2D eigenvalue weighted by Crippen LogP contribution is -2.46. The number of aryl methyl sites for hydroxylation is 1. The van der Waals surface area contributed by atoms with Crippen molar-refractivity contribution in [1.82, 2.24) is 0 Å². The minimum Gasteiger partial charge on any atom is -0.508 e. The Morgan fingerprint density at radius 2 is 2.16 bits per heavy atom. The number of phenols is 1. The molecule has 1 aromatic carbocycles. The van der Waals surface area contributed by atoms with Gasteiger partial charge in [0.2, 0.25) is 0 Å². The van der Waals surface area contributed by atoms with Gasteiger partial charge >= 0.3 is 5.97 Å². The number of hydrogen-bond acceptors (Lipinski definition) is 3. The monoisotopic (exact) mass is 265 g/mol. The van der Waals surface area contributed by atoms with E-state index in [1.54, 1.807) is 19.1 Å². The van der Waals surface area contributed by atoms with E-state index < -0.39 is 11.5 Å². The first-order valence-corrected chi connectivity index (χ1v) is 6.65. The van der Waals surface area contributed by atoms with E-state index in [2.05, 4.69) is 0 Å². The average Bonchev–Trinajstić information content (AvgIpc) is 2.34. The van der Waals surface area contributed by atoms with E-state index in [1.165, 1.54) is 0 Å². The van der Waals surface area contributed by atoms with Crippen LogP contribution in [0, 0.1) is 5.92 Å². The summed E-state index contributed by atoms with van der Waals surface area (Å²) in [6.07, 6.45) is 3.07. The second kappa shape index (κ2) is 6.57. The first kappa shape index (κ1) is 15.5. The number of hydrogen-bond donors (Lipinski definition) is 3. The van der Waals surface area contributed by atoms with Crippen LogP contribution in [0.2, 0.25) is 0 Å². The van der Waals surface area contributed by atoms with Crippen LogP contribution in [0.4, 0.5) is 0 Å². The van der Waals surface area contributed by atoms with Crippen LogP contribution in [0.25, 0.3) is 0 Å². The molecule has 2 unspecified atom stereocenters. The number of rotatable bonds is 7. The summed E-state index contributed by atoms with van der Waals surface area (Å²) in [5, 5.41) is 18.4. The summed E-state index contributed by atoms with van der Waals surface area (Å²) in [6.45, 7) is 3.61. The quantitative estimate of drug-likeness (QED) is 0.707. The summed E-state index contributed by atoms with van der Waals surface area (Å²) in [4.78, 5) is 11.0. The van der Waals surface area contributed by atoms with E-state index in [0.29, 0.717) is 6.42 Å². The van der Waals surface area contributed by atoms with Crippen LogP contribution in [0.1, 0.15) is 38.7 Å². The molecule has 2 atom stereocenters. The molecule has 0 spiro atoms. The van der Waals surface area contributed by atoms with Crippen molar-refractivity contribution in [3.8, 4) is 5.75 Å². The molecule has 0 saturated carbocycles. The summed E-state index contributed by atoms with van der Waals surface area (Å²) in [7, 11) is 0. The molecule has 4 heteroatoms. The van der Waals surface area contributed by atoms with Gasteiger partial charge in [0.25, 0.3) is 0 Å². The van der Waals surface area contributed by atoms with Gasteiger partial charge < -0.3 is 15.9 Å². The lowest BCUT2D eigenvalue weighted by molar-refractivity contribution is -0.143. The third-order valence-corrected chi connectivity index (χ3v) is 3.53. The molecule has 0 aliphatic carbocycles. The summed E-state index contributed by atoms with van der Waals surface area (Å²) < 4.78 is 0. The molecule has 1 rings (SSSR count). The number of carbonyl (C=O) groups is 1. The SMILES string of the molecule is CCC(CCc1cccc(O)c1)CC(C)(N)C(=O)O. The lowest BCUT2D eigenvalue weighted by atomic mass is 9.85. The molecule has 4 nitrogen and oxygen atoms in total. The van der Waals surface area contributed by atoms with Crippen LogP contribution in [0.3, 0.4) is 0 Å². The normalized spacial score (nSPS) is 15.7. The minimum absolute atomic E-state index is 0.264. The molecule has 0 bridgehead atoms. The number of benzene rings is 1. The predicted octanol–water partition coefficient (Wildman–Crippen LogP) is 2.54.